The first-order valence-electron chi connectivity index (χ1n) is 9.68. The van der Waals surface area contributed by atoms with Gasteiger partial charge in [-0.3, -0.25) is 4.18 Å². The van der Waals surface area contributed by atoms with Gasteiger partial charge in [0.05, 0.1) is 11.5 Å². The van der Waals surface area contributed by atoms with E-state index in [1.165, 1.54) is 30.5 Å². The predicted molar refractivity (Wildman–Crippen MR) is 118 cm³/mol. The van der Waals surface area contributed by atoms with Gasteiger partial charge >= 0.3 is 0 Å². The van der Waals surface area contributed by atoms with Gasteiger partial charge in [0.2, 0.25) is 11.1 Å². The molecule has 170 valence electrons. The van der Waals surface area contributed by atoms with Crippen LogP contribution in [0.5, 0.6) is 5.75 Å². The van der Waals surface area contributed by atoms with Crippen LogP contribution in [0.2, 0.25) is 0 Å². The normalized spacial score (nSPS) is 13.5. The summed E-state index contributed by atoms with van der Waals surface area (Å²) >= 11 is -1.50. The van der Waals surface area contributed by atoms with Gasteiger partial charge in [-0.15, -0.1) is 0 Å². The van der Waals surface area contributed by atoms with Crippen molar-refractivity contribution in [3.8, 4) is 5.75 Å². The van der Waals surface area contributed by atoms with Gasteiger partial charge in [-0.2, -0.15) is 8.42 Å². The molecule has 3 aromatic rings. The fourth-order valence-electron chi connectivity index (χ4n) is 3.24. The van der Waals surface area contributed by atoms with Crippen LogP contribution in [0.25, 0.3) is 0 Å². The zero-order valence-corrected chi connectivity index (χ0v) is 19.1. The van der Waals surface area contributed by atoms with E-state index in [0.717, 1.165) is 11.6 Å². The lowest BCUT2D eigenvalue weighted by atomic mass is 9.88. The average molecular weight is 481 g/mol. The van der Waals surface area contributed by atoms with Crippen molar-refractivity contribution < 1.29 is 29.8 Å². The summed E-state index contributed by atoms with van der Waals surface area (Å²) in [6, 6.07) is 15.9. The maximum atomic E-state index is 13.9. The molecule has 0 fully saturated rings. The summed E-state index contributed by atoms with van der Waals surface area (Å²) < 4.78 is 74.2. The molecular formula is C23H22F2O5S2. The molecule has 3 rings (SSSR count). The molecule has 0 saturated carbocycles. The highest BCUT2D eigenvalue weighted by Crippen LogP contribution is 2.31. The second kappa shape index (κ2) is 10.3. The van der Waals surface area contributed by atoms with Gasteiger partial charge in [-0.05, 0) is 60.9 Å². The number of aryl methyl sites for hydroxylation is 1. The molecule has 0 N–H and O–H groups in total. The first-order valence-corrected chi connectivity index (χ1v) is 12.6. The minimum Gasteiger partial charge on any atom is -0.401 e. The predicted octanol–water partition coefficient (Wildman–Crippen LogP) is 4.87. The van der Waals surface area contributed by atoms with E-state index < -0.39 is 38.8 Å². The average Bonchev–Trinajstić information content (AvgIpc) is 2.71. The van der Waals surface area contributed by atoms with E-state index in [2.05, 4.69) is 0 Å². The molecule has 0 bridgehead atoms. The smallest absolute Gasteiger partial charge is 0.296 e. The molecule has 0 spiro atoms. The monoisotopic (exact) mass is 480 g/mol. The lowest BCUT2D eigenvalue weighted by molar-refractivity contribution is 0.305. The summed E-state index contributed by atoms with van der Waals surface area (Å²) in [6.45, 7) is 1.64. The fraction of sp³-hybridized carbons (Fsp3) is 0.217. The van der Waals surface area contributed by atoms with Crippen molar-refractivity contribution in [1.82, 2.24) is 0 Å². The molecule has 0 aliphatic rings. The minimum atomic E-state index is -3.98. The van der Waals surface area contributed by atoms with Gasteiger partial charge in [-0.25, -0.2) is 13.0 Å². The molecule has 0 amide bonds. The Morgan fingerprint density at radius 2 is 1.50 bits per heavy atom. The second-order valence-corrected chi connectivity index (χ2v) is 9.77. The molecule has 0 aliphatic carbocycles. The summed E-state index contributed by atoms with van der Waals surface area (Å²) in [6.07, 6.45) is 1.53. The number of rotatable bonds is 9. The highest BCUT2D eigenvalue weighted by molar-refractivity contribution is 7.86. The van der Waals surface area contributed by atoms with E-state index in [1.807, 2.05) is 6.92 Å². The first-order chi connectivity index (χ1) is 15.1. The maximum absolute atomic E-state index is 13.9. The Bertz CT molecular complexity index is 1170. The van der Waals surface area contributed by atoms with Gasteiger partial charge in [0.15, 0.2) is 0 Å². The summed E-state index contributed by atoms with van der Waals surface area (Å²) in [5, 5.41) is 0. The number of hydrogen-bond acceptors (Lipinski definition) is 5. The van der Waals surface area contributed by atoms with Crippen molar-refractivity contribution >= 4 is 21.2 Å². The summed E-state index contributed by atoms with van der Waals surface area (Å²) in [7, 11) is -3.98. The first kappa shape index (κ1) is 24.0. The van der Waals surface area contributed by atoms with Crippen LogP contribution in [-0.4, -0.2) is 25.5 Å². The molecule has 0 aromatic heterocycles. The van der Waals surface area contributed by atoms with Crippen LogP contribution in [-0.2, 0) is 25.4 Å². The Kier molecular flexibility index (Phi) is 7.76. The SMILES string of the molecule is Cc1ccc(S(=O)(=O)OCC[C@H](c2ccc(OS(C)=O)cc2)c2cc(F)cc(F)c2)cc1. The van der Waals surface area contributed by atoms with E-state index in [0.29, 0.717) is 16.9 Å². The van der Waals surface area contributed by atoms with Gasteiger partial charge in [0.25, 0.3) is 10.1 Å². The fourth-order valence-corrected chi connectivity index (χ4v) is 4.55. The summed E-state index contributed by atoms with van der Waals surface area (Å²) in [5.74, 6) is -1.65. The van der Waals surface area contributed by atoms with Gasteiger partial charge in [0.1, 0.15) is 17.4 Å². The summed E-state index contributed by atoms with van der Waals surface area (Å²) in [5.41, 5.74) is 1.92. The molecule has 0 radical (unpaired) electrons. The molecule has 32 heavy (non-hydrogen) atoms. The van der Waals surface area contributed by atoms with E-state index >= 15 is 0 Å². The molecule has 0 heterocycles. The molecule has 2 atom stereocenters. The molecule has 0 saturated heterocycles. The van der Waals surface area contributed by atoms with Crippen molar-refractivity contribution in [1.29, 1.82) is 0 Å². The van der Waals surface area contributed by atoms with E-state index in [1.54, 1.807) is 36.4 Å². The Labute approximate surface area is 188 Å². The van der Waals surface area contributed by atoms with Crippen LogP contribution in [0.4, 0.5) is 8.78 Å². The van der Waals surface area contributed by atoms with Crippen LogP contribution in [0.15, 0.2) is 71.6 Å². The topological polar surface area (TPSA) is 69.7 Å². The highest BCUT2D eigenvalue weighted by atomic mass is 32.2. The molecule has 9 heteroatoms. The van der Waals surface area contributed by atoms with Crippen LogP contribution in [0.3, 0.4) is 0 Å². The van der Waals surface area contributed by atoms with Gasteiger partial charge in [-0.1, -0.05) is 29.8 Å². The third kappa shape index (κ3) is 6.44. The maximum Gasteiger partial charge on any atom is 0.296 e. The van der Waals surface area contributed by atoms with E-state index in [9.17, 15) is 21.4 Å². The van der Waals surface area contributed by atoms with Gasteiger partial charge in [0, 0.05) is 18.2 Å². The molecular weight excluding hydrogens is 458 g/mol. The Balaban J connectivity index is 1.83. The molecule has 0 aliphatic heterocycles. The number of benzene rings is 3. The van der Waals surface area contributed by atoms with Gasteiger partial charge < -0.3 is 4.18 Å². The number of hydrogen-bond donors (Lipinski definition) is 0. The molecule has 3 aromatic carbocycles. The van der Waals surface area contributed by atoms with Crippen LogP contribution < -0.4 is 4.18 Å². The van der Waals surface area contributed by atoms with Crippen LogP contribution in [0.1, 0.15) is 29.0 Å². The minimum absolute atomic E-state index is 0.0329. The Hall–Kier alpha value is -2.62. The Morgan fingerprint density at radius 3 is 2.06 bits per heavy atom. The lowest BCUT2D eigenvalue weighted by Gasteiger charge is -2.19. The Morgan fingerprint density at radius 1 is 0.906 bits per heavy atom. The quantitative estimate of drug-likeness (QED) is 0.409. The van der Waals surface area contributed by atoms with Crippen LogP contribution in [0, 0.1) is 18.6 Å². The van der Waals surface area contributed by atoms with Crippen molar-refractivity contribution in [2.45, 2.75) is 24.2 Å². The zero-order chi connectivity index (χ0) is 23.3. The van der Waals surface area contributed by atoms with Crippen molar-refractivity contribution in [2.24, 2.45) is 0 Å². The highest BCUT2D eigenvalue weighted by Gasteiger charge is 2.20. The van der Waals surface area contributed by atoms with Crippen molar-refractivity contribution in [2.75, 3.05) is 12.9 Å². The zero-order valence-electron chi connectivity index (χ0n) is 17.5. The molecule has 1 unspecified atom stereocenters. The van der Waals surface area contributed by atoms with E-state index in [-0.39, 0.29) is 17.9 Å². The number of halogens is 2. The van der Waals surface area contributed by atoms with Crippen LogP contribution >= 0.6 is 0 Å². The second-order valence-electron chi connectivity index (χ2n) is 7.19. The largest absolute Gasteiger partial charge is 0.401 e. The van der Waals surface area contributed by atoms with E-state index in [4.69, 9.17) is 8.37 Å². The third-order valence-corrected chi connectivity index (χ3v) is 6.49. The molecule has 5 nitrogen and oxygen atoms in total. The van der Waals surface area contributed by atoms with Crippen molar-refractivity contribution in [3.63, 3.8) is 0 Å². The standard InChI is InChI=1S/C23H22F2O5S2/c1-16-3-9-22(10-4-16)32(27,28)29-12-11-23(18-13-19(24)15-20(25)14-18)17-5-7-21(8-6-17)30-31(2)26/h3-10,13-15,23H,11-12H2,1-2H3/t23-,31?/m1/s1. The lowest BCUT2D eigenvalue weighted by Crippen LogP contribution is -2.12. The third-order valence-electron chi connectivity index (χ3n) is 4.74. The van der Waals surface area contributed by atoms with Crippen molar-refractivity contribution in [3.05, 3.63) is 95.1 Å². The summed E-state index contributed by atoms with van der Waals surface area (Å²) in [4.78, 5) is 0.0329.